The predicted octanol–water partition coefficient (Wildman–Crippen LogP) is 6.49. The maximum atomic E-state index is 12.2. The van der Waals surface area contributed by atoms with Crippen LogP contribution in [0.3, 0.4) is 0 Å². The standard InChI is InChI=1S/C31H29ClN6O2/c1-2-3-13-28-33-29(32)27(19-24(31(39)40)18-21-9-5-4-6-10-21)38(28)20-22-14-16-23(17-15-22)25-11-7-8-12-26(25)30-34-36-37-35-30/h4-12,14-17,19H,2-3,13,18,20H2,1H3,(H,39,40)(H,34,35,36,37)/b24-19+. The molecule has 2 heterocycles. The Morgan fingerprint density at radius 2 is 1.70 bits per heavy atom. The van der Waals surface area contributed by atoms with Crippen molar-refractivity contribution in [3.63, 3.8) is 0 Å². The average molecular weight is 553 g/mol. The fraction of sp³-hybridized carbons (Fsp3) is 0.194. The van der Waals surface area contributed by atoms with E-state index in [2.05, 4.69) is 56.8 Å². The molecule has 2 aromatic heterocycles. The van der Waals surface area contributed by atoms with Gasteiger partial charge in [0.1, 0.15) is 5.82 Å². The normalized spacial score (nSPS) is 11.6. The van der Waals surface area contributed by atoms with Gasteiger partial charge in [0.25, 0.3) is 0 Å². The lowest BCUT2D eigenvalue weighted by atomic mass is 9.98. The lowest BCUT2D eigenvalue weighted by molar-refractivity contribution is -0.132. The molecule has 0 spiro atoms. The van der Waals surface area contributed by atoms with Gasteiger partial charge in [-0.2, -0.15) is 0 Å². The van der Waals surface area contributed by atoms with E-state index in [0.29, 0.717) is 23.2 Å². The van der Waals surface area contributed by atoms with Gasteiger partial charge in [0, 0.05) is 30.5 Å². The summed E-state index contributed by atoms with van der Waals surface area (Å²) in [5, 5.41) is 24.6. The molecule has 8 nitrogen and oxygen atoms in total. The molecular formula is C31H29ClN6O2. The lowest BCUT2D eigenvalue weighted by Gasteiger charge is -2.13. The lowest BCUT2D eigenvalue weighted by Crippen LogP contribution is -2.09. The van der Waals surface area contributed by atoms with Crippen LogP contribution in [0.1, 0.15) is 42.4 Å². The second-order valence-corrected chi connectivity index (χ2v) is 9.88. The highest BCUT2D eigenvalue weighted by Crippen LogP contribution is 2.30. The molecular weight excluding hydrogens is 524 g/mol. The summed E-state index contributed by atoms with van der Waals surface area (Å²) in [6, 6.07) is 25.8. The van der Waals surface area contributed by atoms with Crippen LogP contribution in [0.2, 0.25) is 5.15 Å². The fourth-order valence-electron chi connectivity index (χ4n) is 4.68. The third-order valence-electron chi connectivity index (χ3n) is 6.75. The molecule has 0 bridgehead atoms. The highest BCUT2D eigenvalue weighted by atomic mass is 35.5. The smallest absolute Gasteiger partial charge is 0.331 e. The number of rotatable bonds is 11. The van der Waals surface area contributed by atoms with Gasteiger partial charge in [0.2, 0.25) is 0 Å². The third-order valence-corrected chi connectivity index (χ3v) is 7.03. The summed E-state index contributed by atoms with van der Waals surface area (Å²) in [4.78, 5) is 16.8. The van der Waals surface area contributed by atoms with Crippen LogP contribution in [-0.4, -0.2) is 41.3 Å². The molecule has 0 radical (unpaired) electrons. The van der Waals surface area contributed by atoms with E-state index in [-0.39, 0.29) is 12.0 Å². The number of carboxylic acids is 1. The number of nitrogens with one attached hydrogen (secondary N) is 1. The molecule has 0 aliphatic carbocycles. The second-order valence-electron chi connectivity index (χ2n) is 9.52. The number of halogens is 1. The van der Waals surface area contributed by atoms with Crippen molar-refractivity contribution in [1.82, 2.24) is 30.2 Å². The molecule has 0 saturated heterocycles. The fourth-order valence-corrected chi connectivity index (χ4v) is 4.93. The van der Waals surface area contributed by atoms with Crippen molar-refractivity contribution in [2.75, 3.05) is 0 Å². The molecule has 40 heavy (non-hydrogen) atoms. The second kappa shape index (κ2) is 12.5. The Hall–Kier alpha value is -4.56. The largest absolute Gasteiger partial charge is 0.478 e. The van der Waals surface area contributed by atoms with Gasteiger partial charge in [-0.3, -0.25) is 0 Å². The van der Waals surface area contributed by atoms with Gasteiger partial charge in [0.05, 0.1) is 5.69 Å². The summed E-state index contributed by atoms with van der Waals surface area (Å²) in [6.07, 6.45) is 4.67. The zero-order valence-corrected chi connectivity index (χ0v) is 22.8. The van der Waals surface area contributed by atoms with Crippen molar-refractivity contribution in [1.29, 1.82) is 0 Å². The summed E-state index contributed by atoms with van der Waals surface area (Å²) in [7, 11) is 0. The Morgan fingerprint density at radius 1 is 0.975 bits per heavy atom. The Morgan fingerprint density at radius 3 is 2.38 bits per heavy atom. The zero-order valence-electron chi connectivity index (χ0n) is 22.1. The molecule has 0 fully saturated rings. The zero-order chi connectivity index (χ0) is 27.9. The minimum atomic E-state index is -0.979. The van der Waals surface area contributed by atoms with E-state index < -0.39 is 5.97 Å². The average Bonchev–Trinajstić information content (AvgIpc) is 3.61. The van der Waals surface area contributed by atoms with Gasteiger partial charge in [-0.15, -0.1) is 5.10 Å². The van der Waals surface area contributed by atoms with Crippen molar-refractivity contribution < 1.29 is 9.90 Å². The number of carboxylic acid groups (broad SMARTS) is 1. The number of benzene rings is 3. The summed E-state index contributed by atoms with van der Waals surface area (Å²) in [5.41, 5.74) is 5.78. The Balaban J connectivity index is 1.48. The Bertz CT molecular complexity index is 1610. The molecule has 0 aliphatic rings. The number of carbonyl (C=O) groups is 1. The highest BCUT2D eigenvalue weighted by Gasteiger charge is 2.18. The van der Waals surface area contributed by atoms with E-state index in [4.69, 9.17) is 11.6 Å². The van der Waals surface area contributed by atoms with E-state index >= 15 is 0 Å². The number of imidazole rings is 1. The number of H-pyrrole nitrogens is 1. The molecule has 0 atom stereocenters. The molecule has 0 aliphatic heterocycles. The molecule has 202 valence electrons. The van der Waals surface area contributed by atoms with Crippen LogP contribution in [-0.2, 0) is 24.2 Å². The van der Waals surface area contributed by atoms with E-state index in [0.717, 1.165) is 52.9 Å². The van der Waals surface area contributed by atoms with Crippen molar-refractivity contribution in [3.8, 4) is 22.5 Å². The van der Waals surface area contributed by atoms with Crippen LogP contribution < -0.4 is 0 Å². The number of tetrazole rings is 1. The number of nitrogens with zero attached hydrogens (tertiary/aromatic N) is 5. The van der Waals surface area contributed by atoms with Gasteiger partial charge in [-0.05, 0) is 45.2 Å². The van der Waals surface area contributed by atoms with E-state index in [1.165, 1.54) is 0 Å². The van der Waals surface area contributed by atoms with Crippen molar-refractivity contribution in [2.45, 2.75) is 39.2 Å². The number of aromatic amines is 1. The maximum absolute atomic E-state index is 12.2. The van der Waals surface area contributed by atoms with Crippen LogP contribution in [0.4, 0.5) is 0 Å². The molecule has 0 unspecified atom stereocenters. The summed E-state index contributed by atoms with van der Waals surface area (Å²) >= 11 is 6.63. The first-order valence-corrected chi connectivity index (χ1v) is 13.6. The first-order valence-electron chi connectivity index (χ1n) is 13.2. The van der Waals surface area contributed by atoms with Crippen LogP contribution in [0.15, 0.2) is 84.4 Å². The van der Waals surface area contributed by atoms with Crippen LogP contribution in [0, 0.1) is 0 Å². The monoisotopic (exact) mass is 552 g/mol. The molecule has 5 aromatic rings. The quantitative estimate of drug-likeness (QED) is 0.181. The number of hydrogen-bond acceptors (Lipinski definition) is 5. The van der Waals surface area contributed by atoms with Crippen molar-refractivity contribution in [2.24, 2.45) is 0 Å². The first-order chi connectivity index (χ1) is 19.5. The highest BCUT2D eigenvalue weighted by molar-refractivity contribution is 6.30. The number of hydrogen-bond donors (Lipinski definition) is 2. The number of aliphatic carboxylic acids is 1. The van der Waals surface area contributed by atoms with Gasteiger partial charge < -0.3 is 9.67 Å². The van der Waals surface area contributed by atoms with E-state index in [9.17, 15) is 9.90 Å². The van der Waals surface area contributed by atoms with Crippen LogP contribution >= 0.6 is 11.6 Å². The first kappa shape index (κ1) is 27.0. The minimum absolute atomic E-state index is 0.255. The maximum Gasteiger partial charge on any atom is 0.331 e. The van der Waals surface area contributed by atoms with Crippen LogP contribution in [0.5, 0.6) is 0 Å². The van der Waals surface area contributed by atoms with Gasteiger partial charge >= 0.3 is 5.97 Å². The SMILES string of the molecule is CCCCc1nc(Cl)c(/C=C(\Cc2ccccc2)C(=O)O)n1Cc1ccc(-c2ccccc2-c2nnn[nH]2)cc1. The van der Waals surface area contributed by atoms with E-state index in [1.54, 1.807) is 6.08 Å². The van der Waals surface area contributed by atoms with Gasteiger partial charge in [0.15, 0.2) is 11.0 Å². The van der Waals surface area contributed by atoms with E-state index in [1.807, 2.05) is 59.2 Å². The predicted molar refractivity (Wildman–Crippen MR) is 156 cm³/mol. The van der Waals surface area contributed by atoms with Crippen molar-refractivity contribution >= 4 is 23.6 Å². The number of aryl methyl sites for hydroxylation is 1. The summed E-state index contributed by atoms with van der Waals surface area (Å²) in [5.74, 6) is 0.469. The summed E-state index contributed by atoms with van der Waals surface area (Å²) in [6.45, 7) is 2.64. The van der Waals surface area contributed by atoms with Crippen LogP contribution in [0.25, 0.3) is 28.6 Å². The molecule has 9 heteroatoms. The van der Waals surface area contributed by atoms with Gasteiger partial charge in [-0.1, -0.05) is 104 Å². The molecule has 3 aromatic carbocycles. The van der Waals surface area contributed by atoms with Gasteiger partial charge in [-0.25, -0.2) is 14.9 Å². The number of unbranched alkanes of at least 4 members (excludes halogenated alkanes) is 1. The third kappa shape index (κ3) is 6.18. The topological polar surface area (TPSA) is 110 Å². The molecule has 0 saturated carbocycles. The molecule has 2 N–H and O–H groups in total. The Labute approximate surface area is 237 Å². The Kier molecular flexibility index (Phi) is 8.47. The minimum Gasteiger partial charge on any atom is -0.478 e. The molecule has 5 rings (SSSR count). The molecule has 0 amide bonds. The number of aromatic nitrogens is 6. The summed E-state index contributed by atoms with van der Waals surface area (Å²) < 4.78 is 2.04. The van der Waals surface area contributed by atoms with Crippen molar-refractivity contribution in [3.05, 3.63) is 112 Å².